The molecule has 3 aliphatic heterocycles. The number of nitrogens with one attached hydrogen (secondary N) is 2. The normalized spacial score (nSPS) is 32.8. The van der Waals surface area contributed by atoms with Gasteiger partial charge in [0, 0.05) is 25.6 Å². The summed E-state index contributed by atoms with van der Waals surface area (Å²) in [6, 6.07) is -2.86. The molecule has 11 nitrogen and oxygen atoms in total. The largest absolute Gasteiger partial charge is 0.444 e. The number of carbonyl (C=O) groups is 5. The molecule has 1 unspecified atom stereocenters. The predicted molar refractivity (Wildman–Crippen MR) is 131 cm³/mol. The molecule has 3 heterocycles. The highest BCUT2D eigenvalue weighted by atomic mass is 16.6. The zero-order valence-electron chi connectivity index (χ0n) is 21.8. The molecular formula is C25H39N5O6. The van der Waals surface area contributed by atoms with E-state index in [-0.39, 0.29) is 36.6 Å². The van der Waals surface area contributed by atoms with Crippen LogP contribution in [-0.2, 0) is 23.9 Å². The van der Waals surface area contributed by atoms with Crippen LogP contribution in [0.15, 0.2) is 12.2 Å². The van der Waals surface area contributed by atoms with E-state index >= 15 is 0 Å². The van der Waals surface area contributed by atoms with Crippen LogP contribution in [0.25, 0.3) is 0 Å². The first-order valence-electron chi connectivity index (χ1n) is 12.6. The molecule has 4 N–H and O–H groups in total. The maximum atomic E-state index is 13.6. The first kappa shape index (κ1) is 27.5. The van der Waals surface area contributed by atoms with Gasteiger partial charge in [0.1, 0.15) is 23.7 Å². The summed E-state index contributed by atoms with van der Waals surface area (Å²) < 4.78 is 5.34. The van der Waals surface area contributed by atoms with Gasteiger partial charge in [0.15, 0.2) is 0 Å². The van der Waals surface area contributed by atoms with Crippen molar-refractivity contribution in [1.29, 1.82) is 0 Å². The lowest BCUT2D eigenvalue weighted by Crippen LogP contribution is -2.62. The highest BCUT2D eigenvalue weighted by Crippen LogP contribution is 2.29. The molecule has 3 rings (SSSR count). The summed E-state index contributed by atoms with van der Waals surface area (Å²) in [5.74, 6) is -2.09. The van der Waals surface area contributed by atoms with Gasteiger partial charge in [-0.1, -0.05) is 19.1 Å². The summed E-state index contributed by atoms with van der Waals surface area (Å²) in [6.07, 6.45) is 4.72. The van der Waals surface area contributed by atoms with Crippen molar-refractivity contribution in [3.05, 3.63) is 12.2 Å². The van der Waals surface area contributed by atoms with Gasteiger partial charge in [0.05, 0.1) is 0 Å². The molecule has 0 aliphatic carbocycles. The number of nitrogens with two attached hydrogens (primary N) is 1. The molecule has 0 radical (unpaired) electrons. The van der Waals surface area contributed by atoms with E-state index in [9.17, 15) is 24.0 Å². The van der Waals surface area contributed by atoms with E-state index in [0.717, 1.165) is 0 Å². The fourth-order valence-corrected chi connectivity index (χ4v) is 5.20. The van der Waals surface area contributed by atoms with Gasteiger partial charge < -0.3 is 30.9 Å². The second kappa shape index (κ2) is 10.9. The smallest absolute Gasteiger partial charge is 0.408 e. The lowest BCUT2D eigenvalue weighted by Gasteiger charge is -2.43. The Kier molecular flexibility index (Phi) is 8.30. The Balaban J connectivity index is 1.94. The number of fused-ring (bicyclic) bond motifs is 4. The van der Waals surface area contributed by atoms with Crippen LogP contribution in [-0.4, -0.2) is 82.9 Å². The minimum absolute atomic E-state index is 0.0113. The number of ether oxygens (including phenoxy) is 1. The van der Waals surface area contributed by atoms with E-state index in [2.05, 4.69) is 10.6 Å². The van der Waals surface area contributed by atoms with Crippen LogP contribution in [0.1, 0.15) is 59.8 Å². The van der Waals surface area contributed by atoms with E-state index in [4.69, 9.17) is 10.5 Å². The van der Waals surface area contributed by atoms with E-state index in [1.165, 1.54) is 16.8 Å². The van der Waals surface area contributed by atoms with Crippen molar-refractivity contribution in [2.75, 3.05) is 13.6 Å². The predicted octanol–water partition coefficient (Wildman–Crippen LogP) is 0.674. The minimum atomic E-state index is -0.956. The number of alkyl carbamates (subject to hydrolysis) is 1. The highest BCUT2D eigenvalue weighted by molar-refractivity contribution is 5.94. The first-order chi connectivity index (χ1) is 16.8. The van der Waals surface area contributed by atoms with Gasteiger partial charge >= 0.3 is 6.09 Å². The van der Waals surface area contributed by atoms with Gasteiger partial charge in [0.2, 0.25) is 23.6 Å². The van der Waals surface area contributed by atoms with Crippen molar-refractivity contribution in [3.8, 4) is 0 Å². The molecular weight excluding hydrogens is 466 g/mol. The lowest BCUT2D eigenvalue weighted by atomic mass is 9.89. The minimum Gasteiger partial charge on any atom is -0.444 e. The number of likely N-dealkylation sites (N-methyl/N-ethyl adjacent to an activating group) is 1. The third-order valence-corrected chi connectivity index (χ3v) is 6.96. The Bertz CT molecular complexity index is 928. The Labute approximate surface area is 212 Å². The van der Waals surface area contributed by atoms with Crippen LogP contribution in [0.5, 0.6) is 0 Å². The van der Waals surface area contributed by atoms with Crippen molar-refractivity contribution in [3.63, 3.8) is 0 Å². The van der Waals surface area contributed by atoms with Gasteiger partial charge in [0.25, 0.3) is 0 Å². The van der Waals surface area contributed by atoms with Crippen molar-refractivity contribution >= 4 is 29.7 Å². The Hall–Kier alpha value is -3.11. The van der Waals surface area contributed by atoms with Crippen LogP contribution in [0.3, 0.4) is 0 Å². The van der Waals surface area contributed by atoms with Crippen LogP contribution >= 0.6 is 0 Å². The molecule has 6 atom stereocenters. The zero-order chi connectivity index (χ0) is 26.8. The van der Waals surface area contributed by atoms with Gasteiger partial charge in [-0.05, 0) is 58.8 Å². The fraction of sp³-hybridized carbons (Fsp3) is 0.720. The third-order valence-electron chi connectivity index (χ3n) is 6.96. The average Bonchev–Trinajstić information content (AvgIpc) is 3.11. The van der Waals surface area contributed by atoms with Crippen molar-refractivity contribution in [1.82, 2.24) is 20.4 Å². The Morgan fingerprint density at radius 3 is 2.39 bits per heavy atom. The summed E-state index contributed by atoms with van der Waals surface area (Å²) >= 11 is 0. The number of hydrogen-bond donors (Lipinski definition) is 3. The number of primary amides is 1. The molecule has 3 aliphatic rings. The molecule has 0 saturated carbocycles. The fourth-order valence-electron chi connectivity index (χ4n) is 5.20. The molecule has 36 heavy (non-hydrogen) atoms. The summed E-state index contributed by atoms with van der Waals surface area (Å²) in [6.45, 7) is 7.43. The zero-order valence-corrected chi connectivity index (χ0v) is 21.8. The van der Waals surface area contributed by atoms with E-state index in [1.54, 1.807) is 26.8 Å². The highest BCUT2D eigenvalue weighted by Gasteiger charge is 2.44. The first-order valence-corrected chi connectivity index (χ1v) is 12.6. The number of nitrogens with zero attached hydrogens (tertiary/aromatic N) is 2. The molecule has 2 fully saturated rings. The standard InChI is InChI=1S/C25H39N5O6/c1-14-10-19-23(34)30(13-14)18(20(26)31)12-15-11-16(27-21(15)32)8-6-7-9-17(22(33)29(19)5)28-24(35)36-25(2,3)4/h6-7,14-19H,8-13H2,1-5H3,(H2,26,31)(H,27,32)(H,28,35)/b7-6+/t14?,15-,16+,17-,18-,19-/m0/s1. The Morgan fingerprint density at radius 1 is 1.08 bits per heavy atom. The number of rotatable bonds is 2. The second-order valence-corrected chi connectivity index (χ2v) is 11.2. The molecule has 11 heteroatoms. The number of amides is 5. The van der Waals surface area contributed by atoms with Crippen LogP contribution < -0.4 is 16.4 Å². The number of carbonyl (C=O) groups excluding carboxylic acids is 5. The molecule has 0 aromatic carbocycles. The van der Waals surface area contributed by atoms with Crippen LogP contribution in [0, 0.1) is 11.8 Å². The summed E-state index contributed by atoms with van der Waals surface area (Å²) in [5, 5.41) is 5.59. The van der Waals surface area contributed by atoms with Crippen LogP contribution in [0.4, 0.5) is 4.79 Å². The molecule has 200 valence electrons. The maximum absolute atomic E-state index is 13.6. The topological polar surface area (TPSA) is 151 Å². The molecule has 0 spiro atoms. The van der Waals surface area contributed by atoms with E-state index in [1.807, 2.05) is 13.0 Å². The van der Waals surface area contributed by atoms with Gasteiger partial charge in [-0.3, -0.25) is 19.2 Å². The van der Waals surface area contributed by atoms with Crippen molar-refractivity contribution in [2.24, 2.45) is 17.6 Å². The lowest BCUT2D eigenvalue weighted by molar-refractivity contribution is -0.154. The van der Waals surface area contributed by atoms with E-state index < -0.39 is 47.6 Å². The summed E-state index contributed by atoms with van der Waals surface area (Å²) in [5.41, 5.74) is 4.97. The second-order valence-electron chi connectivity index (χ2n) is 11.2. The van der Waals surface area contributed by atoms with Crippen molar-refractivity contribution < 1.29 is 28.7 Å². The van der Waals surface area contributed by atoms with Crippen LogP contribution in [0.2, 0.25) is 0 Å². The Morgan fingerprint density at radius 2 is 1.75 bits per heavy atom. The molecule has 4 bridgehead atoms. The molecule has 0 aromatic rings. The quantitative estimate of drug-likeness (QED) is 0.469. The molecule has 0 aromatic heterocycles. The maximum Gasteiger partial charge on any atom is 0.408 e. The van der Waals surface area contributed by atoms with Gasteiger partial charge in [-0.25, -0.2) is 4.79 Å². The van der Waals surface area contributed by atoms with Gasteiger partial charge in [-0.2, -0.15) is 0 Å². The summed E-state index contributed by atoms with van der Waals surface area (Å²) in [7, 11) is 1.53. The molecule has 5 amide bonds. The van der Waals surface area contributed by atoms with Crippen molar-refractivity contribution in [2.45, 2.75) is 89.6 Å². The molecule has 2 saturated heterocycles. The van der Waals surface area contributed by atoms with Gasteiger partial charge in [-0.15, -0.1) is 0 Å². The summed E-state index contributed by atoms with van der Waals surface area (Å²) in [4.78, 5) is 67.4. The number of piperidine rings is 1. The van der Waals surface area contributed by atoms with E-state index in [0.29, 0.717) is 25.8 Å². The number of hydrogen-bond acceptors (Lipinski definition) is 6. The SMILES string of the molecule is CC1C[C@H]2C(=O)N(C1)[C@H](C(N)=O)C[C@@H]1C[C@@H](C/C=C/C[C@H](NC(=O)OC(C)(C)C)C(=O)N2C)NC1=O. The third kappa shape index (κ3) is 6.55. The monoisotopic (exact) mass is 505 g/mol. The average molecular weight is 506 g/mol.